The number of hydrogen-bond acceptors (Lipinski definition) is 6. The highest BCUT2D eigenvalue weighted by molar-refractivity contribution is 8.00. The summed E-state index contributed by atoms with van der Waals surface area (Å²) in [6.45, 7) is 0. The number of thioether (sulfide) groups is 1. The topological polar surface area (TPSA) is 130 Å². The number of anilines is 2. The summed E-state index contributed by atoms with van der Waals surface area (Å²) in [7, 11) is 0. The number of non-ortho nitro benzene ring substituents is 1. The molecule has 0 saturated heterocycles. The van der Waals surface area contributed by atoms with Crippen LogP contribution < -0.4 is 16.0 Å². The molecule has 5 aromatic carbocycles. The summed E-state index contributed by atoms with van der Waals surface area (Å²) in [5, 5.41) is 18.5. The van der Waals surface area contributed by atoms with Crippen LogP contribution in [0.25, 0.3) is 6.08 Å². The molecular formula is C36H26ClFN4O5S. The predicted molar refractivity (Wildman–Crippen MR) is 185 cm³/mol. The van der Waals surface area contributed by atoms with Gasteiger partial charge in [-0.15, -0.1) is 11.8 Å². The minimum atomic E-state index is -0.681. The number of nitro benzene ring substituents is 1. The molecule has 48 heavy (non-hydrogen) atoms. The van der Waals surface area contributed by atoms with Crippen molar-refractivity contribution in [1.82, 2.24) is 5.32 Å². The van der Waals surface area contributed by atoms with Crippen LogP contribution in [0.3, 0.4) is 0 Å². The molecule has 3 amide bonds. The van der Waals surface area contributed by atoms with Crippen LogP contribution >= 0.6 is 23.4 Å². The van der Waals surface area contributed by atoms with Gasteiger partial charge in [-0.05, 0) is 83.9 Å². The number of benzene rings is 5. The van der Waals surface area contributed by atoms with E-state index in [1.165, 1.54) is 60.3 Å². The summed E-state index contributed by atoms with van der Waals surface area (Å²) in [6.07, 6.45) is 1.42. The molecule has 5 aromatic rings. The molecule has 0 fully saturated rings. The Morgan fingerprint density at radius 2 is 1.42 bits per heavy atom. The Labute approximate surface area is 284 Å². The van der Waals surface area contributed by atoms with Crippen molar-refractivity contribution in [2.24, 2.45) is 0 Å². The molecule has 0 bridgehead atoms. The van der Waals surface area contributed by atoms with E-state index in [1.54, 1.807) is 54.6 Å². The predicted octanol–water partition coefficient (Wildman–Crippen LogP) is 8.27. The maximum absolute atomic E-state index is 13.6. The van der Waals surface area contributed by atoms with Crippen molar-refractivity contribution in [2.75, 3.05) is 10.6 Å². The number of nitrogens with one attached hydrogen (secondary N) is 3. The monoisotopic (exact) mass is 680 g/mol. The maximum Gasteiger partial charge on any atom is 0.272 e. The maximum atomic E-state index is 13.6. The normalized spacial score (nSPS) is 11.7. The summed E-state index contributed by atoms with van der Waals surface area (Å²) in [5.74, 6) is -2.08. The van der Waals surface area contributed by atoms with Gasteiger partial charge >= 0.3 is 0 Å². The second kappa shape index (κ2) is 15.7. The molecule has 0 aliphatic rings. The van der Waals surface area contributed by atoms with Crippen molar-refractivity contribution in [1.29, 1.82) is 0 Å². The molecule has 240 valence electrons. The second-order valence-electron chi connectivity index (χ2n) is 10.2. The highest BCUT2D eigenvalue weighted by atomic mass is 35.5. The number of carbonyl (C=O) groups excluding carboxylic acids is 3. The summed E-state index contributed by atoms with van der Waals surface area (Å²) in [5.41, 5.74) is 2.09. The standard InChI is InChI=1S/C36H26ClFN4O5S/c37-30-22-27(15-20-31(30)38)40-36(45)33(24-7-3-1-4-8-24)48-29-18-13-26(14-19-29)39-35(44)32(41-34(43)25-9-5-2-6-10-25)21-23-11-16-28(17-12-23)42(46)47/h1-22,33H,(H,39,44)(H,40,45)(H,41,43)/b32-21-. The van der Waals surface area contributed by atoms with Crippen LogP contribution in [0.5, 0.6) is 0 Å². The Morgan fingerprint density at radius 3 is 2.04 bits per heavy atom. The number of rotatable bonds is 11. The van der Waals surface area contributed by atoms with Gasteiger partial charge in [-0.1, -0.05) is 60.1 Å². The fourth-order valence-corrected chi connectivity index (χ4v) is 5.64. The van der Waals surface area contributed by atoms with Crippen LogP contribution in [0.15, 0.2) is 138 Å². The fraction of sp³-hybridized carbons (Fsp3) is 0.0278. The van der Waals surface area contributed by atoms with Crippen molar-refractivity contribution < 1.29 is 23.7 Å². The molecule has 0 heterocycles. The molecule has 0 spiro atoms. The fourth-order valence-electron chi connectivity index (χ4n) is 4.44. The first kappa shape index (κ1) is 33.6. The third-order valence-corrected chi connectivity index (χ3v) is 8.39. The van der Waals surface area contributed by atoms with Crippen LogP contribution in [0.4, 0.5) is 21.5 Å². The van der Waals surface area contributed by atoms with E-state index in [0.29, 0.717) is 27.4 Å². The molecular weight excluding hydrogens is 655 g/mol. The largest absolute Gasteiger partial charge is 0.325 e. The molecule has 1 unspecified atom stereocenters. The Kier molecular flexibility index (Phi) is 11.0. The van der Waals surface area contributed by atoms with Gasteiger partial charge in [0.2, 0.25) is 5.91 Å². The molecule has 5 rings (SSSR count). The first-order valence-electron chi connectivity index (χ1n) is 14.4. The van der Waals surface area contributed by atoms with Gasteiger partial charge in [0.25, 0.3) is 17.5 Å². The van der Waals surface area contributed by atoms with Gasteiger partial charge in [0.1, 0.15) is 16.8 Å². The minimum absolute atomic E-state index is 0.0853. The van der Waals surface area contributed by atoms with Gasteiger partial charge in [0.05, 0.1) is 9.95 Å². The highest BCUT2D eigenvalue weighted by Crippen LogP contribution is 2.37. The minimum Gasteiger partial charge on any atom is -0.325 e. The van der Waals surface area contributed by atoms with Crippen molar-refractivity contribution in [2.45, 2.75) is 10.1 Å². The molecule has 0 aromatic heterocycles. The van der Waals surface area contributed by atoms with Gasteiger partial charge in [-0.25, -0.2) is 4.39 Å². The van der Waals surface area contributed by atoms with E-state index >= 15 is 0 Å². The zero-order valence-electron chi connectivity index (χ0n) is 24.9. The van der Waals surface area contributed by atoms with Crippen LogP contribution in [0.2, 0.25) is 5.02 Å². The van der Waals surface area contributed by atoms with E-state index in [4.69, 9.17) is 11.6 Å². The third-order valence-electron chi connectivity index (χ3n) is 6.84. The quantitative estimate of drug-likeness (QED) is 0.0557. The Bertz CT molecular complexity index is 1980. The summed E-state index contributed by atoms with van der Waals surface area (Å²) in [4.78, 5) is 51.0. The van der Waals surface area contributed by atoms with E-state index in [9.17, 15) is 28.9 Å². The van der Waals surface area contributed by atoms with Crippen molar-refractivity contribution >= 4 is 64.2 Å². The van der Waals surface area contributed by atoms with Gasteiger partial charge < -0.3 is 16.0 Å². The first-order chi connectivity index (χ1) is 23.2. The zero-order valence-corrected chi connectivity index (χ0v) is 26.5. The van der Waals surface area contributed by atoms with Gasteiger partial charge in [-0.2, -0.15) is 0 Å². The number of hydrogen-bond donors (Lipinski definition) is 3. The van der Waals surface area contributed by atoms with Crippen LogP contribution in [0.1, 0.15) is 26.7 Å². The summed E-state index contributed by atoms with van der Waals surface area (Å²) < 4.78 is 13.6. The molecule has 0 radical (unpaired) electrons. The number of amides is 3. The zero-order chi connectivity index (χ0) is 34.0. The van der Waals surface area contributed by atoms with Crippen molar-refractivity contribution in [3.05, 3.63) is 171 Å². The number of nitrogens with zero attached hydrogens (tertiary/aromatic N) is 1. The molecule has 3 N–H and O–H groups in total. The Hall–Kier alpha value is -5.78. The van der Waals surface area contributed by atoms with Crippen molar-refractivity contribution in [3.8, 4) is 0 Å². The SMILES string of the molecule is O=C(Nc1ccc(SC(C(=O)Nc2ccc(F)c(Cl)c2)c2ccccc2)cc1)/C(=C/c1ccc([N+](=O)[O-])cc1)NC(=O)c1ccccc1. The smallest absolute Gasteiger partial charge is 0.272 e. The van der Waals surface area contributed by atoms with E-state index in [0.717, 1.165) is 5.56 Å². The molecule has 9 nitrogen and oxygen atoms in total. The van der Waals surface area contributed by atoms with E-state index in [1.807, 2.05) is 30.3 Å². The van der Waals surface area contributed by atoms with Crippen LogP contribution in [0, 0.1) is 15.9 Å². The Morgan fingerprint density at radius 1 is 0.792 bits per heavy atom. The average molecular weight is 681 g/mol. The van der Waals surface area contributed by atoms with Crippen LogP contribution in [-0.2, 0) is 9.59 Å². The van der Waals surface area contributed by atoms with E-state index < -0.39 is 27.8 Å². The summed E-state index contributed by atoms with van der Waals surface area (Å²) in [6, 6.07) is 33.7. The third kappa shape index (κ3) is 8.93. The lowest BCUT2D eigenvalue weighted by Gasteiger charge is -2.18. The summed E-state index contributed by atoms with van der Waals surface area (Å²) >= 11 is 7.17. The first-order valence-corrected chi connectivity index (χ1v) is 15.6. The van der Waals surface area contributed by atoms with Crippen molar-refractivity contribution in [3.63, 3.8) is 0 Å². The molecule has 12 heteroatoms. The van der Waals surface area contributed by atoms with Gasteiger partial charge in [0, 0.05) is 34.0 Å². The number of nitro groups is 1. The lowest BCUT2D eigenvalue weighted by molar-refractivity contribution is -0.384. The molecule has 0 aliphatic heterocycles. The lowest BCUT2D eigenvalue weighted by atomic mass is 10.1. The Balaban J connectivity index is 1.33. The van der Waals surface area contributed by atoms with Gasteiger partial charge in [-0.3, -0.25) is 24.5 Å². The number of carbonyl (C=O) groups is 3. The second-order valence-corrected chi connectivity index (χ2v) is 11.8. The molecule has 1 atom stereocenters. The lowest BCUT2D eigenvalue weighted by Crippen LogP contribution is -2.30. The highest BCUT2D eigenvalue weighted by Gasteiger charge is 2.23. The van der Waals surface area contributed by atoms with Crippen LogP contribution in [-0.4, -0.2) is 22.6 Å². The average Bonchev–Trinajstić information content (AvgIpc) is 3.10. The van der Waals surface area contributed by atoms with E-state index in [-0.39, 0.29) is 22.3 Å². The van der Waals surface area contributed by atoms with E-state index in [2.05, 4.69) is 16.0 Å². The molecule has 0 aliphatic carbocycles. The van der Waals surface area contributed by atoms with Gasteiger partial charge in [0.15, 0.2) is 0 Å². The molecule has 0 saturated carbocycles. The number of halogens is 2.